The van der Waals surface area contributed by atoms with E-state index in [1.54, 1.807) is 14.2 Å². The lowest BCUT2D eigenvalue weighted by atomic mass is 9.76. The third kappa shape index (κ3) is 2.25. The Morgan fingerprint density at radius 1 is 1.28 bits per heavy atom. The van der Waals surface area contributed by atoms with Crippen molar-refractivity contribution >= 4 is 0 Å². The molecule has 1 aliphatic carbocycles. The van der Waals surface area contributed by atoms with Crippen LogP contribution in [0.3, 0.4) is 0 Å². The summed E-state index contributed by atoms with van der Waals surface area (Å²) >= 11 is 0. The van der Waals surface area contributed by atoms with Crippen molar-refractivity contribution in [1.29, 1.82) is 0 Å². The topological polar surface area (TPSA) is 38.7 Å². The lowest BCUT2D eigenvalue weighted by Gasteiger charge is -2.40. The van der Waals surface area contributed by atoms with E-state index in [2.05, 4.69) is 0 Å². The van der Waals surface area contributed by atoms with Crippen molar-refractivity contribution < 1.29 is 14.6 Å². The Hall–Kier alpha value is -1.06. The molecule has 0 heterocycles. The second kappa shape index (κ2) is 5.29. The van der Waals surface area contributed by atoms with Gasteiger partial charge < -0.3 is 14.6 Å². The highest BCUT2D eigenvalue weighted by atomic mass is 16.5. The van der Waals surface area contributed by atoms with Crippen LogP contribution in [-0.4, -0.2) is 25.4 Å². The Kier molecular flexibility index (Phi) is 3.93. The smallest absolute Gasteiger partial charge is 0.119 e. The van der Waals surface area contributed by atoms with Crippen molar-refractivity contribution in [3.8, 4) is 5.75 Å². The average molecular weight is 250 g/mol. The molecule has 1 fully saturated rings. The van der Waals surface area contributed by atoms with Crippen molar-refractivity contribution in [2.45, 2.75) is 44.3 Å². The first-order valence-corrected chi connectivity index (χ1v) is 6.52. The van der Waals surface area contributed by atoms with Gasteiger partial charge >= 0.3 is 0 Å². The zero-order valence-corrected chi connectivity index (χ0v) is 11.4. The minimum atomic E-state index is -0.858. The van der Waals surface area contributed by atoms with Crippen molar-refractivity contribution in [3.05, 3.63) is 29.3 Å². The summed E-state index contributed by atoms with van der Waals surface area (Å²) in [6.07, 6.45) is 3.73. The molecule has 1 N–H and O–H groups in total. The van der Waals surface area contributed by atoms with E-state index in [-0.39, 0.29) is 6.10 Å². The zero-order chi connectivity index (χ0) is 13.2. The van der Waals surface area contributed by atoms with E-state index in [9.17, 15) is 5.11 Å². The molecule has 1 aromatic rings. The molecule has 0 aliphatic heterocycles. The van der Waals surface area contributed by atoms with Crippen LogP contribution >= 0.6 is 0 Å². The number of methoxy groups -OCH3 is 2. The molecule has 2 unspecified atom stereocenters. The first-order valence-electron chi connectivity index (χ1n) is 6.52. The molecule has 1 aliphatic rings. The lowest BCUT2D eigenvalue weighted by molar-refractivity contribution is -0.123. The Morgan fingerprint density at radius 2 is 2.06 bits per heavy atom. The number of rotatable bonds is 3. The van der Waals surface area contributed by atoms with Crippen LogP contribution in [0, 0.1) is 6.92 Å². The van der Waals surface area contributed by atoms with Crippen molar-refractivity contribution in [2.75, 3.05) is 14.2 Å². The SMILES string of the molecule is COc1ccc(C2(O)CCCCC2OC)c(C)c1. The first kappa shape index (κ1) is 13.4. The first-order chi connectivity index (χ1) is 8.61. The Labute approximate surface area is 109 Å². The quantitative estimate of drug-likeness (QED) is 0.896. The van der Waals surface area contributed by atoms with Crippen LogP contribution in [0.15, 0.2) is 18.2 Å². The summed E-state index contributed by atoms with van der Waals surface area (Å²) in [5, 5.41) is 11.0. The van der Waals surface area contributed by atoms with Gasteiger partial charge in [-0.25, -0.2) is 0 Å². The van der Waals surface area contributed by atoms with Crippen molar-refractivity contribution in [2.24, 2.45) is 0 Å². The predicted octanol–water partition coefficient (Wildman–Crippen LogP) is 2.78. The largest absolute Gasteiger partial charge is 0.497 e. The summed E-state index contributed by atoms with van der Waals surface area (Å²) in [4.78, 5) is 0. The van der Waals surface area contributed by atoms with E-state index in [1.165, 1.54) is 0 Å². The van der Waals surface area contributed by atoms with Gasteiger partial charge in [-0.15, -0.1) is 0 Å². The molecule has 18 heavy (non-hydrogen) atoms. The second-order valence-electron chi connectivity index (χ2n) is 5.08. The van der Waals surface area contributed by atoms with Crippen LogP contribution in [0.2, 0.25) is 0 Å². The maximum absolute atomic E-state index is 11.0. The highest BCUT2D eigenvalue weighted by molar-refractivity contribution is 5.39. The van der Waals surface area contributed by atoms with Crippen LogP contribution in [0.5, 0.6) is 5.75 Å². The van der Waals surface area contributed by atoms with E-state index >= 15 is 0 Å². The molecule has 0 spiro atoms. The number of hydrogen-bond donors (Lipinski definition) is 1. The molecule has 2 atom stereocenters. The molecule has 0 saturated heterocycles. The molecule has 0 bridgehead atoms. The molecule has 3 heteroatoms. The van der Waals surface area contributed by atoms with Gasteiger partial charge in [0.05, 0.1) is 13.2 Å². The van der Waals surface area contributed by atoms with Crippen LogP contribution in [0.1, 0.15) is 36.8 Å². The molecule has 2 rings (SSSR count). The van der Waals surface area contributed by atoms with E-state index in [4.69, 9.17) is 9.47 Å². The van der Waals surface area contributed by atoms with Crippen molar-refractivity contribution in [3.63, 3.8) is 0 Å². The van der Waals surface area contributed by atoms with Gasteiger partial charge in [0.15, 0.2) is 0 Å². The van der Waals surface area contributed by atoms with Gasteiger partial charge in [-0.2, -0.15) is 0 Å². The van der Waals surface area contributed by atoms with Gasteiger partial charge in [-0.3, -0.25) is 0 Å². The van der Waals surface area contributed by atoms with Gasteiger partial charge in [0.1, 0.15) is 11.4 Å². The third-order valence-corrected chi connectivity index (χ3v) is 3.99. The Bertz CT molecular complexity index is 416. The van der Waals surface area contributed by atoms with Crippen LogP contribution in [-0.2, 0) is 10.3 Å². The average Bonchev–Trinajstić information content (AvgIpc) is 2.38. The van der Waals surface area contributed by atoms with Crippen LogP contribution in [0.25, 0.3) is 0 Å². The minimum Gasteiger partial charge on any atom is -0.497 e. The van der Waals surface area contributed by atoms with Gasteiger partial charge in [-0.1, -0.05) is 18.9 Å². The lowest BCUT2D eigenvalue weighted by Crippen LogP contribution is -2.43. The highest BCUT2D eigenvalue weighted by Gasteiger charge is 2.41. The minimum absolute atomic E-state index is 0.113. The molecule has 3 nitrogen and oxygen atoms in total. The zero-order valence-electron chi connectivity index (χ0n) is 11.4. The number of hydrogen-bond acceptors (Lipinski definition) is 3. The van der Waals surface area contributed by atoms with E-state index in [0.717, 1.165) is 42.6 Å². The monoisotopic (exact) mass is 250 g/mol. The molecule has 0 amide bonds. The second-order valence-corrected chi connectivity index (χ2v) is 5.08. The maximum atomic E-state index is 11.0. The number of aryl methyl sites for hydroxylation is 1. The number of aliphatic hydroxyl groups is 1. The van der Waals surface area contributed by atoms with E-state index < -0.39 is 5.60 Å². The predicted molar refractivity (Wildman–Crippen MR) is 70.9 cm³/mol. The van der Waals surface area contributed by atoms with Gasteiger partial charge in [0.25, 0.3) is 0 Å². The molecule has 0 aromatic heterocycles. The number of ether oxygens (including phenoxy) is 2. The van der Waals surface area contributed by atoms with E-state index in [1.807, 2.05) is 25.1 Å². The summed E-state index contributed by atoms with van der Waals surface area (Å²) in [7, 11) is 3.33. The fourth-order valence-electron chi connectivity index (χ4n) is 2.99. The molecule has 1 aromatic carbocycles. The number of benzene rings is 1. The van der Waals surface area contributed by atoms with Gasteiger partial charge in [-0.05, 0) is 43.0 Å². The summed E-state index contributed by atoms with van der Waals surface area (Å²) in [5.41, 5.74) is 1.17. The molecular weight excluding hydrogens is 228 g/mol. The summed E-state index contributed by atoms with van der Waals surface area (Å²) in [5.74, 6) is 0.824. The van der Waals surface area contributed by atoms with Gasteiger partial charge in [0, 0.05) is 7.11 Å². The highest BCUT2D eigenvalue weighted by Crippen LogP contribution is 2.40. The molecule has 0 radical (unpaired) electrons. The third-order valence-electron chi connectivity index (χ3n) is 3.99. The fraction of sp³-hybridized carbons (Fsp3) is 0.600. The summed E-state index contributed by atoms with van der Waals surface area (Å²) in [6.45, 7) is 2.01. The standard InChI is InChI=1S/C15H22O3/c1-11-10-12(17-2)7-8-13(11)15(16)9-5-4-6-14(15)18-3/h7-8,10,14,16H,4-6,9H2,1-3H3. The van der Waals surface area contributed by atoms with Gasteiger partial charge in [0.2, 0.25) is 0 Å². The molecular formula is C15H22O3. The Morgan fingerprint density at radius 3 is 2.67 bits per heavy atom. The maximum Gasteiger partial charge on any atom is 0.119 e. The fourth-order valence-corrected chi connectivity index (χ4v) is 2.99. The molecule has 1 saturated carbocycles. The molecule has 100 valence electrons. The summed E-state index contributed by atoms with van der Waals surface area (Å²) < 4.78 is 10.7. The Balaban J connectivity index is 2.38. The van der Waals surface area contributed by atoms with Crippen LogP contribution in [0.4, 0.5) is 0 Å². The van der Waals surface area contributed by atoms with Crippen LogP contribution < -0.4 is 4.74 Å². The van der Waals surface area contributed by atoms with Crippen molar-refractivity contribution in [1.82, 2.24) is 0 Å². The normalized spacial score (nSPS) is 28.1. The van der Waals surface area contributed by atoms with E-state index in [0.29, 0.717) is 0 Å². The summed E-state index contributed by atoms with van der Waals surface area (Å²) in [6, 6.07) is 5.84.